The molecule has 0 bridgehead atoms. The molecule has 2 rings (SSSR count). The summed E-state index contributed by atoms with van der Waals surface area (Å²) in [6.45, 7) is 3.91. The first-order chi connectivity index (χ1) is 9.89. The third-order valence-corrected chi connectivity index (χ3v) is 4.50. The normalized spacial score (nSPS) is 32.5. The highest BCUT2D eigenvalue weighted by molar-refractivity contribution is 6.06. The summed E-state index contributed by atoms with van der Waals surface area (Å²) in [6, 6.07) is -0.158. The smallest absolute Gasteiger partial charge is 0.322 e. The van der Waals surface area contributed by atoms with Gasteiger partial charge in [-0.1, -0.05) is 19.8 Å². The van der Waals surface area contributed by atoms with Gasteiger partial charge in [-0.3, -0.25) is 14.9 Å². The molecule has 118 valence electrons. The first kappa shape index (κ1) is 15.8. The van der Waals surface area contributed by atoms with Crippen LogP contribution in [0.15, 0.2) is 0 Å². The predicted molar refractivity (Wildman–Crippen MR) is 78.5 cm³/mol. The van der Waals surface area contributed by atoms with Gasteiger partial charge in [0.1, 0.15) is 5.54 Å². The van der Waals surface area contributed by atoms with Gasteiger partial charge in [0.05, 0.1) is 0 Å². The molecule has 2 aliphatic rings. The van der Waals surface area contributed by atoms with Crippen molar-refractivity contribution in [2.45, 2.75) is 70.4 Å². The van der Waals surface area contributed by atoms with Crippen molar-refractivity contribution < 1.29 is 14.4 Å². The fourth-order valence-corrected chi connectivity index (χ4v) is 3.22. The molecule has 21 heavy (non-hydrogen) atoms. The quantitative estimate of drug-likeness (QED) is 0.671. The van der Waals surface area contributed by atoms with Gasteiger partial charge in [0.25, 0.3) is 5.91 Å². The molecule has 1 aliphatic heterocycles. The summed E-state index contributed by atoms with van der Waals surface area (Å²) < 4.78 is 0. The topological polar surface area (TPSA) is 87.3 Å². The molecule has 0 aromatic carbocycles. The van der Waals surface area contributed by atoms with Crippen molar-refractivity contribution in [1.82, 2.24) is 16.0 Å². The van der Waals surface area contributed by atoms with E-state index in [2.05, 4.69) is 22.9 Å². The van der Waals surface area contributed by atoms with Gasteiger partial charge in [0, 0.05) is 12.5 Å². The number of rotatable bonds is 5. The average Bonchev–Trinajstić information content (AvgIpc) is 2.62. The van der Waals surface area contributed by atoms with Crippen LogP contribution in [0.1, 0.15) is 58.8 Å². The standard InChI is InChI=1S/C15H25N3O3/c1-10-5-3-6-11(9-10)16-12(19)7-4-8-15(2)13(20)17-14(21)18-15/h10-11H,3-9H2,1-2H3,(H,16,19)(H2,17,18,20,21)/t10-,11+,15+/m1/s1. The lowest BCUT2D eigenvalue weighted by Gasteiger charge is -2.27. The van der Waals surface area contributed by atoms with Crippen LogP contribution in [0, 0.1) is 5.92 Å². The zero-order valence-electron chi connectivity index (χ0n) is 12.8. The Kier molecular flexibility index (Phi) is 4.85. The van der Waals surface area contributed by atoms with Crippen LogP contribution in [-0.2, 0) is 9.59 Å². The molecule has 0 radical (unpaired) electrons. The largest absolute Gasteiger partial charge is 0.353 e. The van der Waals surface area contributed by atoms with Crippen LogP contribution < -0.4 is 16.0 Å². The van der Waals surface area contributed by atoms with Crippen molar-refractivity contribution in [1.29, 1.82) is 0 Å². The SMILES string of the molecule is C[C@@H]1CCC[C@H](NC(=O)CCC[C@]2(C)NC(=O)NC2=O)C1. The molecule has 6 nitrogen and oxygen atoms in total. The maximum atomic E-state index is 11.9. The van der Waals surface area contributed by atoms with Crippen molar-refractivity contribution in [3.63, 3.8) is 0 Å². The second kappa shape index (κ2) is 6.45. The zero-order valence-corrected chi connectivity index (χ0v) is 12.8. The molecule has 1 heterocycles. The number of imide groups is 1. The highest BCUT2D eigenvalue weighted by atomic mass is 16.2. The Bertz CT molecular complexity index is 438. The van der Waals surface area contributed by atoms with Crippen LogP contribution >= 0.6 is 0 Å². The lowest BCUT2D eigenvalue weighted by atomic mass is 9.87. The lowest BCUT2D eigenvalue weighted by Crippen LogP contribution is -2.44. The van der Waals surface area contributed by atoms with Crippen molar-refractivity contribution in [2.75, 3.05) is 0 Å². The molecule has 0 aromatic rings. The summed E-state index contributed by atoms with van der Waals surface area (Å²) >= 11 is 0. The van der Waals surface area contributed by atoms with Gasteiger partial charge in [-0.2, -0.15) is 0 Å². The maximum absolute atomic E-state index is 11.9. The van der Waals surface area contributed by atoms with Crippen molar-refractivity contribution >= 4 is 17.8 Å². The second-order valence-electron chi connectivity index (χ2n) is 6.63. The van der Waals surface area contributed by atoms with Crippen LogP contribution in [-0.4, -0.2) is 29.4 Å². The second-order valence-corrected chi connectivity index (χ2v) is 6.63. The van der Waals surface area contributed by atoms with Gasteiger partial charge < -0.3 is 10.6 Å². The monoisotopic (exact) mass is 295 g/mol. The van der Waals surface area contributed by atoms with E-state index in [1.165, 1.54) is 12.8 Å². The van der Waals surface area contributed by atoms with Gasteiger partial charge in [-0.05, 0) is 38.5 Å². The molecular weight excluding hydrogens is 270 g/mol. The number of urea groups is 1. The Morgan fingerprint density at radius 2 is 2.14 bits per heavy atom. The summed E-state index contributed by atoms with van der Waals surface area (Å²) in [4.78, 5) is 34.7. The van der Waals surface area contributed by atoms with Crippen molar-refractivity contribution in [2.24, 2.45) is 5.92 Å². The summed E-state index contributed by atoms with van der Waals surface area (Å²) in [5.74, 6) is 0.414. The van der Waals surface area contributed by atoms with E-state index in [1.54, 1.807) is 6.92 Å². The Morgan fingerprint density at radius 3 is 2.76 bits per heavy atom. The van der Waals surface area contributed by atoms with Crippen LogP contribution in [0.4, 0.5) is 4.79 Å². The third kappa shape index (κ3) is 4.19. The van der Waals surface area contributed by atoms with E-state index >= 15 is 0 Å². The van der Waals surface area contributed by atoms with Crippen molar-refractivity contribution in [3.05, 3.63) is 0 Å². The van der Waals surface area contributed by atoms with E-state index in [1.807, 2.05) is 0 Å². The minimum atomic E-state index is -0.878. The molecule has 0 spiro atoms. The molecule has 3 atom stereocenters. The molecule has 0 aromatic heterocycles. The highest BCUT2D eigenvalue weighted by Crippen LogP contribution is 2.24. The molecule has 3 N–H and O–H groups in total. The summed E-state index contributed by atoms with van der Waals surface area (Å²) in [5.41, 5.74) is -0.878. The first-order valence-electron chi connectivity index (χ1n) is 7.82. The van der Waals surface area contributed by atoms with E-state index in [0.29, 0.717) is 31.2 Å². The fourth-order valence-electron chi connectivity index (χ4n) is 3.22. The van der Waals surface area contributed by atoms with Gasteiger partial charge in [0.2, 0.25) is 5.91 Å². The molecule has 1 saturated heterocycles. The fraction of sp³-hybridized carbons (Fsp3) is 0.800. The Balaban J connectivity index is 1.69. The van der Waals surface area contributed by atoms with E-state index in [4.69, 9.17) is 0 Å². The number of hydrogen-bond acceptors (Lipinski definition) is 3. The average molecular weight is 295 g/mol. The Labute approximate surface area is 125 Å². The third-order valence-electron chi connectivity index (χ3n) is 4.50. The van der Waals surface area contributed by atoms with Gasteiger partial charge >= 0.3 is 6.03 Å². The van der Waals surface area contributed by atoms with Crippen LogP contribution in [0.25, 0.3) is 0 Å². The van der Waals surface area contributed by atoms with Crippen LogP contribution in [0.2, 0.25) is 0 Å². The lowest BCUT2D eigenvalue weighted by molar-refractivity contribution is -0.125. The number of carbonyl (C=O) groups excluding carboxylic acids is 3. The van der Waals surface area contributed by atoms with E-state index < -0.39 is 11.6 Å². The van der Waals surface area contributed by atoms with Crippen LogP contribution in [0.5, 0.6) is 0 Å². The molecule has 2 fully saturated rings. The van der Waals surface area contributed by atoms with Crippen molar-refractivity contribution in [3.8, 4) is 0 Å². The molecule has 1 aliphatic carbocycles. The van der Waals surface area contributed by atoms with Gasteiger partial charge in [-0.25, -0.2) is 4.79 Å². The maximum Gasteiger partial charge on any atom is 0.322 e. The highest BCUT2D eigenvalue weighted by Gasteiger charge is 2.41. The van der Waals surface area contributed by atoms with Gasteiger partial charge in [-0.15, -0.1) is 0 Å². The number of carbonyl (C=O) groups is 3. The number of amides is 4. The molecular formula is C15H25N3O3. The molecule has 0 unspecified atom stereocenters. The van der Waals surface area contributed by atoms with Gasteiger partial charge in [0.15, 0.2) is 0 Å². The first-order valence-corrected chi connectivity index (χ1v) is 7.82. The van der Waals surface area contributed by atoms with Crippen LogP contribution in [0.3, 0.4) is 0 Å². The summed E-state index contributed by atoms with van der Waals surface area (Å²) in [5, 5.41) is 7.92. The Morgan fingerprint density at radius 1 is 1.38 bits per heavy atom. The molecule has 4 amide bonds. The minimum absolute atomic E-state index is 0.0439. The van der Waals surface area contributed by atoms with E-state index in [-0.39, 0.29) is 11.8 Å². The summed E-state index contributed by atoms with van der Waals surface area (Å²) in [6.07, 6.45) is 5.99. The molecule has 1 saturated carbocycles. The molecule has 6 heteroatoms. The number of hydrogen-bond donors (Lipinski definition) is 3. The zero-order chi connectivity index (χ0) is 15.5. The number of nitrogens with one attached hydrogen (secondary N) is 3. The summed E-state index contributed by atoms with van der Waals surface area (Å²) in [7, 11) is 0. The Hall–Kier alpha value is -1.59. The minimum Gasteiger partial charge on any atom is -0.353 e. The predicted octanol–water partition coefficient (Wildman–Crippen LogP) is 1.45. The van der Waals surface area contributed by atoms with E-state index in [9.17, 15) is 14.4 Å². The van der Waals surface area contributed by atoms with E-state index in [0.717, 1.165) is 12.8 Å².